The van der Waals surface area contributed by atoms with E-state index < -0.39 is 17.5 Å². The molecule has 3 nitrogen and oxygen atoms in total. The molecule has 0 saturated carbocycles. The number of halogens is 2. The van der Waals surface area contributed by atoms with Crippen LogP contribution < -0.4 is 10.9 Å². The van der Waals surface area contributed by atoms with E-state index in [0.29, 0.717) is 0 Å². The van der Waals surface area contributed by atoms with E-state index >= 15 is 0 Å². The van der Waals surface area contributed by atoms with Crippen molar-refractivity contribution in [2.75, 3.05) is 0 Å². The highest BCUT2D eigenvalue weighted by molar-refractivity contribution is 5.94. The minimum absolute atomic E-state index is 0.110. The van der Waals surface area contributed by atoms with Crippen molar-refractivity contribution in [2.45, 2.75) is 0 Å². The van der Waals surface area contributed by atoms with Crippen molar-refractivity contribution in [1.29, 1.82) is 0 Å². The zero-order valence-corrected chi connectivity index (χ0v) is 10.5. The Morgan fingerprint density at radius 2 is 1.35 bits per heavy atom. The Balaban J connectivity index is 2.03. The Morgan fingerprint density at radius 1 is 0.850 bits per heavy atom. The third-order valence-electron chi connectivity index (χ3n) is 2.64. The fourth-order valence-electron chi connectivity index (χ4n) is 1.62. The summed E-state index contributed by atoms with van der Waals surface area (Å²) >= 11 is 0. The minimum Gasteiger partial charge on any atom is -0.298 e. The summed E-state index contributed by atoms with van der Waals surface area (Å²) in [5, 5.41) is 0. The van der Waals surface area contributed by atoms with Crippen LogP contribution >= 0.6 is 0 Å². The quantitative estimate of drug-likeness (QED) is 0.842. The van der Waals surface area contributed by atoms with Crippen LogP contribution in [0.15, 0.2) is 55.1 Å². The normalized spacial score (nSPS) is 9.90. The first-order chi connectivity index (χ1) is 9.59. The topological polar surface area (TPSA) is 41.1 Å². The first-order valence-electron chi connectivity index (χ1n) is 5.84. The van der Waals surface area contributed by atoms with Crippen LogP contribution in [0.5, 0.6) is 0 Å². The van der Waals surface area contributed by atoms with Gasteiger partial charge in [0.1, 0.15) is 11.6 Å². The highest BCUT2D eigenvalue weighted by Crippen LogP contribution is 2.13. The van der Waals surface area contributed by atoms with Gasteiger partial charge in [-0.05, 0) is 24.3 Å². The third-order valence-corrected chi connectivity index (χ3v) is 2.64. The number of rotatable bonds is 4. The molecule has 0 aliphatic rings. The van der Waals surface area contributed by atoms with Crippen LogP contribution in [0.1, 0.15) is 15.9 Å². The van der Waals surface area contributed by atoms with E-state index in [1.54, 1.807) is 18.2 Å². The highest BCUT2D eigenvalue weighted by Gasteiger charge is 2.11. The van der Waals surface area contributed by atoms with Gasteiger partial charge < -0.3 is 0 Å². The summed E-state index contributed by atoms with van der Waals surface area (Å²) in [7, 11) is 0. The molecular formula is C15H12F2N2O. The van der Waals surface area contributed by atoms with Crippen molar-refractivity contribution >= 4 is 11.6 Å². The predicted molar refractivity (Wildman–Crippen MR) is 72.4 cm³/mol. The molecule has 0 spiro atoms. The van der Waals surface area contributed by atoms with E-state index in [0.717, 1.165) is 0 Å². The fraction of sp³-hybridized carbons (Fsp3) is 0. The van der Waals surface area contributed by atoms with Gasteiger partial charge in [0.25, 0.3) is 5.91 Å². The fourth-order valence-corrected chi connectivity index (χ4v) is 1.62. The molecule has 0 radical (unpaired) electrons. The maximum atomic E-state index is 13.5. The van der Waals surface area contributed by atoms with Gasteiger partial charge in [0.15, 0.2) is 0 Å². The Kier molecular flexibility index (Phi) is 4.10. The van der Waals surface area contributed by atoms with E-state index in [1.807, 2.05) is 0 Å². The number of nitrogens with one attached hydrogen (secondary N) is 2. The maximum absolute atomic E-state index is 13.5. The second kappa shape index (κ2) is 5.97. The van der Waals surface area contributed by atoms with Gasteiger partial charge in [0, 0.05) is 5.56 Å². The number of carbonyl (C=O) groups is 1. The second-order valence-corrected chi connectivity index (χ2v) is 4.02. The summed E-state index contributed by atoms with van der Waals surface area (Å²) in [6, 6.07) is 11.5. The number of carbonyl (C=O) groups excluding carboxylic acids is 1. The van der Waals surface area contributed by atoms with Gasteiger partial charge in [-0.15, -0.1) is 0 Å². The van der Waals surface area contributed by atoms with E-state index in [2.05, 4.69) is 17.4 Å². The van der Waals surface area contributed by atoms with Crippen molar-refractivity contribution in [2.24, 2.45) is 0 Å². The number of hydrogen-bond acceptors (Lipinski definition) is 2. The van der Waals surface area contributed by atoms with Gasteiger partial charge in [-0.25, -0.2) is 8.78 Å². The van der Waals surface area contributed by atoms with Gasteiger partial charge in [-0.2, -0.15) is 0 Å². The molecule has 2 aromatic carbocycles. The third kappa shape index (κ3) is 3.00. The Bertz CT molecular complexity index is 598. The van der Waals surface area contributed by atoms with Crippen LogP contribution in [0.2, 0.25) is 0 Å². The predicted octanol–water partition coefficient (Wildman–Crippen LogP) is 2.87. The van der Waals surface area contributed by atoms with E-state index in [9.17, 15) is 13.6 Å². The first-order valence-corrected chi connectivity index (χ1v) is 5.84. The van der Waals surface area contributed by atoms with Gasteiger partial charge in [0.05, 0.1) is 11.3 Å². The lowest BCUT2D eigenvalue weighted by Crippen LogP contribution is -2.36. The van der Waals surface area contributed by atoms with E-state index in [-0.39, 0.29) is 16.8 Å². The summed E-state index contributed by atoms with van der Waals surface area (Å²) in [4.78, 5) is 11.7. The van der Waals surface area contributed by atoms with Gasteiger partial charge >= 0.3 is 0 Å². The molecule has 5 heteroatoms. The van der Waals surface area contributed by atoms with Crippen LogP contribution in [-0.2, 0) is 0 Å². The monoisotopic (exact) mass is 274 g/mol. The molecule has 0 aliphatic heterocycles. The lowest BCUT2D eigenvalue weighted by molar-refractivity contribution is 0.0938. The summed E-state index contributed by atoms with van der Waals surface area (Å²) in [5.74, 6) is -1.77. The smallest absolute Gasteiger partial charge is 0.272 e. The SMILES string of the molecule is C=C(NNC(=O)c1ccccc1F)c1ccccc1F. The number of amides is 1. The number of benzene rings is 2. The van der Waals surface area contributed by atoms with E-state index in [1.165, 1.54) is 30.3 Å². The van der Waals surface area contributed by atoms with Crippen molar-refractivity contribution < 1.29 is 13.6 Å². The van der Waals surface area contributed by atoms with Crippen molar-refractivity contribution in [1.82, 2.24) is 10.9 Å². The average Bonchev–Trinajstić information content (AvgIpc) is 2.45. The molecule has 0 saturated heterocycles. The lowest BCUT2D eigenvalue weighted by Gasteiger charge is -2.12. The number of hydrazine groups is 1. The Morgan fingerprint density at radius 3 is 1.90 bits per heavy atom. The second-order valence-electron chi connectivity index (χ2n) is 4.02. The number of hydrogen-bond donors (Lipinski definition) is 2. The van der Waals surface area contributed by atoms with E-state index in [4.69, 9.17) is 0 Å². The van der Waals surface area contributed by atoms with Crippen LogP contribution in [0.25, 0.3) is 5.70 Å². The van der Waals surface area contributed by atoms with Crippen molar-refractivity contribution in [3.8, 4) is 0 Å². The first kappa shape index (κ1) is 13.7. The summed E-state index contributed by atoms with van der Waals surface area (Å²) < 4.78 is 26.9. The molecule has 1 amide bonds. The highest BCUT2D eigenvalue weighted by atomic mass is 19.1. The van der Waals surface area contributed by atoms with Crippen LogP contribution in [0, 0.1) is 11.6 Å². The summed E-state index contributed by atoms with van der Waals surface area (Å²) in [6.07, 6.45) is 0. The molecule has 2 N–H and O–H groups in total. The van der Waals surface area contributed by atoms with Crippen LogP contribution in [-0.4, -0.2) is 5.91 Å². The molecule has 0 aromatic heterocycles. The molecule has 20 heavy (non-hydrogen) atoms. The molecule has 0 atom stereocenters. The minimum atomic E-state index is -0.666. The average molecular weight is 274 g/mol. The van der Waals surface area contributed by atoms with Crippen LogP contribution in [0.3, 0.4) is 0 Å². The van der Waals surface area contributed by atoms with Gasteiger partial charge in [-0.3, -0.25) is 15.6 Å². The standard InChI is InChI=1S/C15H12F2N2O/c1-10(11-6-2-4-8-13(11)16)18-19-15(20)12-7-3-5-9-14(12)17/h2-9,18H,1H2,(H,19,20). The molecule has 102 valence electrons. The molecule has 0 unspecified atom stereocenters. The molecule has 0 bridgehead atoms. The zero-order valence-electron chi connectivity index (χ0n) is 10.5. The molecular weight excluding hydrogens is 262 g/mol. The van der Waals surface area contributed by atoms with Crippen LogP contribution in [0.4, 0.5) is 8.78 Å². The van der Waals surface area contributed by atoms with Gasteiger partial charge in [0.2, 0.25) is 0 Å². The maximum Gasteiger partial charge on any atom is 0.272 e. The Hall–Kier alpha value is -2.69. The molecule has 2 aromatic rings. The largest absolute Gasteiger partial charge is 0.298 e. The Labute approximate surface area is 114 Å². The van der Waals surface area contributed by atoms with Crippen molar-refractivity contribution in [3.63, 3.8) is 0 Å². The molecule has 2 rings (SSSR count). The summed E-state index contributed by atoms with van der Waals surface area (Å²) in [6.45, 7) is 3.61. The molecule has 0 fully saturated rings. The summed E-state index contributed by atoms with van der Waals surface area (Å²) in [5.41, 5.74) is 5.02. The zero-order chi connectivity index (χ0) is 14.5. The van der Waals surface area contributed by atoms with Gasteiger partial charge in [-0.1, -0.05) is 30.8 Å². The molecule has 0 heterocycles. The molecule has 0 aliphatic carbocycles. The van der Waals surface area contributed by atoms with Crippen molar-refractivity contribution in [3.05, 3.63) is 77.9 Å². The lowest BCUT2D eigenvalue weighted by atomic mass is 10.1.